The van der Waals surface area contributed by atoms with Crippen molar-refractivity contribution in [1.29, 1.82) is 0 Å². The highest BCUT2D eigenvalue weighted by molar-refractivity contribution is 5.94. The zero-order chi connectivity index (χ0) is 25.4. The molecule has 1 aromatic carbocycles. The molecule has 0 radical (unpaired) electrons. The highest BCUT2D eigenvalue weighted by Gasteiger charge is 2.30. The second kappa shape index (κ2) is 9.26. The Kier molecular flexibility index (Phi) is 6.50. The minimum atomic E-state index is -4.43. The summed E-state index contributed by atoms with van der Waals surface area (Å²) in [4.78, 5) is 38.9. The molecule has 7 nitrogen and oxygen atoms in total. The summed E-state index contributed by atoms with van der Waals surface area (Å²) >= 11 is 0. The first-order valence-corrected chi connectivity index (χ1v) is 11.2. The van der Waals surface area contributed by atoms with E-state index in [9.17, 15) is 22.8 Å². The first-order valence-electron chi connectivity index (χ1n) is 11.2. The number of amides is 1. The van der Waals surface area contributed by atoms with Crippen molar-refractivity contribution in [1.82, 2.24) is 19.9 Å². The summed E-state index contributed by atoms with van der Waals surface area (Å²) in [7, 11) is 0. The van der Waals surface area contributed by atoms with Gasteiger partial charge in [0.1, 0.15) is 11.6 Å². The summed E-state index contributed by atoms with van der Waals surface area (Å²) < 4.78 is 38.5. The Bertz CT molecular complexity index is 1290. The maximum atomic E-state index is 12.8. The Morgan fingerprint density at radius 3 is 2.51 bits per heavy atom. The normalized spacial score (nSPS) is 14.5. The number of aromatic amines is 1. The predicted octanol–water partition coefficient (Wildman–Crippen LogP) is 4.39. The van der Waals surface area contributed by atoms with Crippen molar-refractivity contribution in [3.8, 4) is 11.4 Å². The summed E-state index contributed by atoms with van der Waals surface area (Å²) in [6.45, 7) is 6.93. The summed E-state index contributed by atoms with van der Waals surface area (Å²) in [6, 6.07) is 8.24. The highest BCUT2D eigenvalue weighted by Crippen LogP contribution is 2.30. The molecule has 0 aliphatic carbocycles. The van der Waals surface area contributed by atoms with Crippen LogP contribution in [0, 0.1) is 5.41 Å². The Morgan fingerprint density at radius 1 is 1.14 bits per heavy atom. The highest BCUT2D eigenvalue weighted by atomic mass is 19.4. The quantitative estimate of drug-likeness (QED) is 0.572. The minimum Gasteiger partial charge on any atom is -0.310 e. The van der Waals surface area contributed by atoms with Crippen LogP contribution in [0.15, 0.2) is 47.4 Å². The first-order chi connectivity index (χ1) is 16.4. The third kappa shape index (κ3) is 5.59. The summed E-state index contributed by atoms with van der Waals surface area (Å²) in [6.07, 6.45) is -2.30. The van der Waals surface area contributed by atoms with Gasteiger partial charge in [0.2, 0.25) is 5.91 Å². The van der Waals surface area contributed by atoms with Gasteiger partial charge in [-0.05, 0) is 18.2 Å². The molecule has 1 aliphatic heterocycles. The van der Waals surface area contributed by atoms with Gasteiger partial charge in [-0.2, -0.15) is 13.2 Å². The van der Waals surface area contributed by atoms with Crippen LogP contribution in [0.5, 0.6) is 0 Å². The van der Waals surface area contributed by atoms with Gasteiger partial charge in [-0.25, -0.2) is 9.97 Å². The van der Waals surface area contributed by atoms with E-state index in [0.717, 1.165) is 17.7 Å². The number of hydrogen-bond acceptors (Lipinski definition) is 5. The fraction of sp³-hybridized carbons (Fsp3) is 0.360. The molecular formula is C25H26F3N5O2. The van der Waals surface area contributed by atoms with Crippen molar-refractivity contribution in [3.05, 3.63) is 75.3 Å². The van der Waals surface area contributed by atoms with E-state index in [1.165, 1.54) is 12.1 Å². The monoisotopic (exact) mass is 485 g/mol. The number of hydrogen-bond donors (Lipinski definition) is 2. The Morgan fingerprint density at radius 2 is 1.86 bits per heavy atom. The third-order valence-corrected chi connectivity index (χ3v) is 5.83. The zero-order valence-electron chi connectivity index (χ0n) is 19.7. The Labute approximate surface area is 200 Å². The van der Waals surface area contributed by atoms with Crippen LogP contribution in [-0.2, 0) is 30.5 Å². The van der Waals surface area contributed by atoms with Gasteiger partial charge in [0.15, 0.2) is 0 Å². The van der Waals surface area contributed by atoms with Gasteiger partial charge < -0.3 is 10.3 Å². The number of fused-ring (bicyclic) bond motifs is 1. The number of carbonyl (C=O) groups excluding carboxylic acids is 1. The van der Waals surface area contributed by atoms with Gasteiger partial charge in [-0.3, -0.25) is 14.5 Å². The van der Waals surface area contributed by atoms with Crippen LogP contribution in [0.3, 0.4) is 0 Å². The lowest BCUT2D eigenvalue weighted by molar-refractivity contribution is -0.137. The topological polar surface area (TPSA) is 91.0 Å². The smallest absolute Gasteiger partial charge is 0.310 e. The van der Waals surface area contributed by atoms with Gasteiger partial charge in [0.25, 0.3) is 5.56 Å². The van der Waals surface area contributed by atoms with Crippen LogP contribution in [-0.4, -0.2) is 32.3 Å². The molecule has 0 spiro atoms. The van der Waals surface area contributed by atoms with Crippen LogP contribution in [0.25, 0.3) is 11.4 Å². The van der Waals surface area contributed by atoms with Gasteiger partial charge in [0.05, 0.1) is 16.8 Å². The van der Waals surface area contributed by atoms with Gasteiger partial charge in [0, 0.05) is 48.8 Å². The van der Waals surface area contributed by atoms with E-state index in [-0.39, 0.29) is 17.3 Å². The Balaban J connectivity index is 1.52. The Hall–Kier alpha value is -3.53. The second-order valence-corrected chi connectivity index (χ2v) is 9.59. The van der Waals surface area contributed by atoms with Crippen molar-refractivity contribution in [2.75, 3.05) is 11.9 Å². The number of nitrogens with one attached hydrogen (secondary N) is 2. The second-order valence-electron chi connectivity index (χ2n) is 9.59. The number of anilines is 1. The molecule has 1 aliphatic rings. The molecule has 2 aromatic heterocycles. The van der Waals surface area contributed by atoms with Crippen LogP contribution in [0.1, 0.15) is 43.2 Å². The molecule has 184 valence electrons. The number of alkyl halides is 3. The van der Waals surface area contributed by atoms with E-state index >= 15 is 0 Å². The maximum Gasteiger partial charge on any atom is 0.416 e. The number of halogens is 3. The van der Waals surface area contributed by atoms with E-state index in [1.54, 1.807) is 12.3 Å². The van der Waals surface area contributed by atoms with Crippen LogP contribution >= 0.6 is 0 Å². The van der Waals surface area contributed by atoms with Crippen molar-refractivity contribution < 1.29 is 18.0 Å². The minimum absolute atomic E-state index is 0.141. The molecule has 35 heavy (non-hydrogen) atoms. The number of carbonyl (C=O) groups is 1. The number of H-pyrrole nitrogens is 1. The van der Waals surface area contributed by atoms with E-state index < -0.39 is 17.2 Å². The summed E-state index contributed by atoms with van der Waals surface area (Å²) in [5.41, 5.74) is 0.758. The van der Waals surface area contributed by atoms with Crippen LogP contribution in [0.4, 0.5) is 19.0 Å². The van der Waals surface area contributed by atoms with E-state index in [1.807, 2.05) is 26.8 Å². The number of nitrogens with zero attached hydrogens (tertiary/aromatic N) is 3. The fourth-order valence-corrected chi connectivity index (χ4v) is 3.78. The van der Waals surface area contributed by atoms with E-state index in [2.05, 4.69) is 25.2 Å². The molecule has 2 N–H and O–H groups in total. The number of aromatic nitrogens is 3. The fourth-order valence-electron chi connectivity index (χ4n) is 3.78. The first kappa shape index (κ1) is 24.6. The molecule has 1 amide bonds. The van der Waals surface area contributed by atoms with Crippen molar-refractivity contribution in [2.45, 2.75) is 46.5 Å². The predicted molar refractivity (Wildman–Crippen MR) is 125 cm³/mol. The molecule has 10 heteroatoms. The largest absolute Gasteiger partial charge is 0.416 e. The molecule has 0 fully saturated rings. The SMILES string of the molecule is CC(C)(C)C(=O)Nc1ncccc1CN1CCc2nc(-c3ccc(C(F)(F)F)cc3)[nH]c(=O)c2C1. The van der Waals surface area contributed by atoms with Crippen LogP contribution in [0.2, 0.25) is 0 Å². The molecule has 3 heterocycles. The maximum absolute atomic E-state index is 12.8. The number of rotatable bonds is 4. The average molecular weight is 486 g/mol. The average Bonchev–Trinajstić information content (AvgIpc) is 2.79. The standard InChI is InChI=1S/C25H26F3N5O2/c1-24(2,3)23(35)32-20-16(5-4-11-29-20)13-33-12-10-19-18(14-33)22(34)31-21(30-19)15-6-8-17(9-7-15)25(26,27)28/h4-9,11H,10,12-14H2,1-3H3,(H,29,32,35)(H,30,31,34). The molecule has 0 saturated heterocycles. The van der Waals surface area contributed by atoms with E-state index in [4.69, 9.17) is 0 Å². The van der Waals surface area contributed by atoms with E-state index in [0.29, 0.717) is 48.7 Å². The molecule has 4 rings (SSSR count). The molecule has 0 unspecified atom stereocenters. The van der Waals surface area contributed by atoms with Crippen molar-refractivity contribution >= 4 is 11.7 Å². The molecule has 3 aromatic rings. The van der Waals surface area contributed by atoms with Gasteiger partial charge >= 0.3 is 6.18 Å². The van der Waals surface area contributed by atoms with Crippen molar-refractivity contribution in [3.63, 3.8) is 0 Å². The third-order valence-electron chi connectivity index (χ3n) is 5.83. The molecule has 0 bridgehead atoms. The molecular weight excluding hydrogens is 459 g/mol. The van der Waals surface area contributed by atoms with Crippen molar-refractivity contribution in [2.24, 2.45) is 5.41 Å². The summed E-state index contributed by atoms with van der Waals surface area (Å²) in [5.74, 6) is 0.594. The number of benzene rings is 1. The lowest BCUT2D eigenvalue weighted by atomic mass is 9.95. The van der Waals surface area contributed by atoms with Gasteiger partial charge in [-0.1, -0.05) is 39.0 Å². The lowest BCUT2D eigenvalue weighted by Gasteiger charge is -2.28. The van der Waals surface area contributed by atoms with Gasteiger partial charge in [-0.15, -0.1) is 0 Å². The number of pyridine rings is 1. The lowest BCUT2D eigenvalue weighted by Crippen LogP contribution is -2.36. The zero-order valence-corrected chi connectivity index (χ0v) is 19.7. The van der Waals surface area contributed by atoms with Crippen LogP contribution < -0.4 is 10.9 Å². The molecule has 0 saturated carbocycles. The summed E-state index contributed by atoms with van der Waals surface area (Å²) in [5, 5.41) is 2.88. The molecule has 0 atom stereocenters.